The van der Waals surface area contributed by atoms with Gasteiger partial charge < -0.3 is 16.0 Å². The van der Waals surface area contributed by atoms with Crippen LogP contribution in [0.5, 0.6) is 0 Å². The van der Waals surface area contributed by atoms with Gasteiger partial charge in [-0.1, -0.05) is 0 Å². The van der Waals surface area contributed by atoms with Gasteiger partial charge in [0.25, 0.3) is 5.91 Å². The highest BCUT2D eigenvalue weighted by molar-refractivity contribution is 5.95. The number of nitrogens with two attached hydrogens (primary N) is 1. The van der Waals surface area contributed by atoms with Crippen molar-refractivity contribution >= 4 is 17.5 Å². The smallest absolute Gasteiger partial charge is 0.251 e. The van der Waals surface area contributed by atoms with Crippen molar-refractivity contribution in [3.05, 3.63) is 29.3 Å². The second-order valence-electron chi connectivity index (χ2n) is 4.37. The first-order valence-electron chi connectivity index (χ1n) is 5.76. The number of hydrogen-bond donors (Lipinski definition) is 2. The molecule has 5 heteroatoms. The minimum absolute atomic E-state index is 0.0104. The first-order chi connectivity index (χ1) is 8.41. The SMILES string of the molecule is Cc1cc(C(=O)NCCC(=O)N(C)C)ccc1N. The van der Waals surface area contributed by atoms with Crippen LogP contribution in [0.2, 0.25) is 0 Å². The van der Waals surface area contributed by atoms with Crippen LogP contribution in [-0.2, 0) is 4.79 Å². The Labute approximate surface area is 107 Å². The second kappa shape index (κ2) is 6.05. The number of hydrogen-bond acceptors (Lipinski definition) is 3. The van der Waals surface area contributed by atoms with Gasteiger partial charge in [-0.3, -0.25) is 9.59 Å². The molecule has 98 valence electrons. The van der Waals surface area contributed by atoms with E-state index in [1.165, 1.54) is 4.90 Å². The maximum atomic E-state index is 11.8. The van der Waals surface area contributed by atoms with Gasteiger partial charge >= 0.3 is 0 Å². The highest BCUT2D eigenvalue weighted by Gasteiger charge is 2.08. The summed E-state index contributed by atoms with van der Waals surface area (Å²) >= 11 is 0. The lowest BCUT2D eigenvalue weighted by Gasteiger charge is -2.11. The van der Waals surface area contributed by atoms with Crippen molar-refractivity contribution < 1.29 is 9.59 Å². The molecule has 5 nitrogen and oxygen atoms in total. The number of carbonyl (C=O) groups excluding carboxylic acids is 2. The molecule has 0 spiro atoms. The molecule has 0 fully saturated rings. The van der Waals surface area contributed by atoms with Crippen LogP contribution in [0.25, 0.3) is 0 Å². The molecule has 1 rings (SSSR count). The zero-order valence-electron chi connectivity index (χ0n) is 11.0. The first kappa shape index (κ1) is 14.0. The van der Waals surface area contributed by atoms with Gasteiger partial charge in [0, 0.05) is 38.3 Å². The average molecular weight is 249 g/mol. The summed E-state index contributed by atoms with van der Waals surface area (Å²) in [6, 6.07) is 5.11. The van der Waals surface area contributed by atoms with Crippen molar-refractivity contribution in [2.75, 3.05) is 26.4 Å². The third-order valence-electron chi connectivity index (χ3n) is 2.66. The quantitative estimate of drug-likeness (QED) is 0.774. The molecule has 3 N–H and O–H groups in total. The lowest BCUT2D eigenvalue weighted by Crippen LogP contribution is -2.30. The number of nitrogens with zero attached hydrogens (tertiary/aromatic N) is 1. The van der Waals surface area contributed by atoms with Crippen LogP contribution in [0.4, 0.5) is 5.69 Å². The summed E-state index contributed by atoms with van der Waals surface area (Å²) in [5.74, 6) is -0.201. The number of nitrogen functional groups attached to an aromatic ring is 1. The maximum absolute atomic E-state index is 11.8. The molecule has 0 atom stereocenters. The van der Waals surface area contributed by atoms with Crippen LogP contribution in [0.15, 0.2) is 18.2 Å². The summed E-state index contributed by atoms with van der Waals surface area (Å²) in [6.45, 7) is 2.18. The number of nitrogens with one attached hydrogen (secondary N) is 1. The molecular formula is C13H19N3O2. The predicted octanol–water partition coefficient (Wildman–Crippen LogP) is 0.785. The molecule has 2 amide bonds. The Hall–Kier alpha value is -2.04. The lowest BCUT2D eigenvalue weighted by atomic mass is 10.1. The van der Waals surface area contributed by atoms with Gasteiger partial charge in [-0.2, -0.15) is 0 Å². The summed E-state index contributed by atoms with van der Waals surface area (Å²) in [7, 11) is 3.38. The van der Waals surface area contributed by atoms with Crippen molar-refractivity contribution in [3.63, 3.8) is 0 Å². The summed E-state index contributed by atoms with van der Waals surface area (Å²) in [5, 5.41) is 2.70. The summed E-state index contributed by atoms with van der Waals surface area (Å²) in [4.78, 5) is 24.6. The molecule has 1 aromatic carbocycles. The highest BCUT2D eigenvalue weighted by Crippen LogP contribution is 2.12. The molecule has 0 aliphatic rings. The fourth-order valence-corrected chi connectivity index (χ4v) is 1.43. The molecule has 0 aromatic heterocycles. The zero-order valence-corrected chi connectivity index (χ0v) is 11.0. The topological polar surface area (TPSA) is 75.4 Å². The molecular weight excluding hydrogens is 230 g/mol. The third kappa shape index (κ3) is 3.76. The fraction of sp³-hybridized carbons (Fsp3) is 0.385. The second-order valence-corrected chi connectivity index (χ2v) is 4.37. The Morgan fingerprint density at radius 2 is 2.00 bits per heavy atom. The van der Waals surface area contributed by atoms with Crippen LogP contribution >= 0.6 is 0 Å². The van der Waals surface area contributed by atoms with Crippen molar-refractivity contribution in [2.24, 2.45) is 0 Å². The molecule has 0 unspecified atom stereocenters. The Morgan fingerprint density at radius 3 is 2.56 bits per heavy atom. The van der Waals surface area contributed by atoms with E-state index < -0.39 is 0 Å². The van der Waals surface area contributed by atoms with Gasteiger partial charge in [0.2, 0.25) is 5.91 Å². The molecule has 0 aliphatic carbocycles. The van der Waals surface area contributed by atoms with E-state index in [9.17, 15) is 9.59 Å². The van der Waals surface area contributed by atoms with Gasteiger partial charge in [-0.05, 0) is 30.7 Å². The largest absolute Gasteiger partial charge is 0.399 e. The lowest BCUT2D eigenvalue weighted by molar-refractivity contribution is -0.128. The normalized spacial score (nSPS) is 9.94. The molecule has 0 saturated carbocycles. The molecule has 0 saturated heterocycles. The van der Waals surface area contributed by atoms with Crippen LogP contribution in [0.1, 0.15) is 22.3 Å². The standard InChI is InChI=1S/C13H19N3O2/c1-9-8-10(4-5-11(9)14)13(18)15-7-6-12(17)16(2)3/h4-5,8H,6-7,14H2,1-3H3,(H,15,18). The van der Waals surface area contributed by atoms with E-state index in [-0.39, 0.29) is 11.8 Å². The van der Waals surface area contributed by atoms with Crippen LogP contribution in [-0.4, -0.2) is 37.4 Å². The van der Waals surface area contributed by atoms with E-state index in [4.69, 9.17) is 5.73 Å². The number of anilines is 1. The number of benzene rings is 1. The summed E-state index contributed by atoms with van der Waals surface area (Å²) < 4.78 is 0. The van der Waals surface area contributed by atoms with E-state index in [1.54, 1.807) is 32.3 Å². The molecule has 0 heterocycles. The van der Waals surface area contributed by atoms with Gasteiger partial charge in [0.15, 0.2) is 0 Å². The minimum Gasteiger partial charge on any atom is -0.399 e. The molecule has 18 heavy (non-hydrogen) atoms. The molecule has 0 bridgehead atoms. The first-order valence-corrected chi connectivity index (χ1v) is 5.76. The number of amides is 2. The Balaban J connectivity index is 2.50. The summed E-state index contributed by atoms with van der Waals surface area (Å²) in [6.07, 6.45) is 0.298. The van der Waals surface area contributed by atoms with E-state index in [0.717, 1.165) is 5.56 Å². The predicted molar refractivity (Wildman–Crippen MR) is 71.2 cm³/mol. The van der Waals surface area contributed by atoms with Crippen molar-refractivity contribution in [3.8, 4) is 0 Å². The Bertz CT molecular complexity index is 456. The van der Waals surface area contributed by atoms with Crippen LogP contribution in [0.3, 0.4) is 0 Å². The van der Waals surface area contributed by atoms with Gasteiger partial charge in [0.05, 0.1) is 0 Å². The number of carbonyl (C=O) groups is 2. The zero-order chi connectivity index (χ0) is 13.7. The minimum atomic E-state index is -0.190. The summed E-state index contributed by atoms with van der Waals surface area (Å²) in [5.41, 5.74) is 7.76. The van der Waals surface area contributed by atoms with Crippen LogP contribution < -0.4 is 11.1 Å². The van der Waals surface area contributed by atoms with Crippen LogP contribution in [0, 0.1) is 6.92 Å². The van der Waals surface area contributed by atoms with E-state index in [1.807, 2.05) is 6.92 Å². The maximum Gasteiger partial charge on any atom is 0.251 e. The Morgan fingerprint density at radius 1 is 1.33 bits per heavy atom. The van der Waals surface area contributed by atoms with Gasteiger partial charge in [0.1, 0.15) is 0 Å². The van der Waals surface area contributed by atoms with E-state index in [0.29, 0.717) is 24.2 Å². The number of rotatable bonds is 4. The molecule has 0 radical (unpaired) electrons. The van der Waals surface area contributed by atoms with E-state index >= 15 is 0 Å². The molecule has 0 aliphatic heterocycles. The third-order valence-corrected chi connectivity index (χ3v) is 2.66. The van der Waals surface area contributed by atoms with Gasteiger partial charge in [-0.25, -0.2) is 0 Å². The fourth-order valence-electron chi connectivity index (χ4n) is 1.43. The van der Waals surface area contributed by atoms with E-state index in [2.05, 4.69) is 5.32 Å². The molecule has 1 aromatic rings. The Kier molecular flexibility index (Phi) is 4.71. The van der Waals surface area contributed by atoms with Crippen molar-refractivity contribution in [2.45, 2.75) is 13.3 Å². The van der Waals surface area contributed by atoms with Crippen molar-refractivity contribution in [1.82, 2.24) is 10.2 Å². The van der Waals surface area contributed by atoms with Crippen molar-refractivity contribution in [1.29, 1.82) is 0 Å². The highest BCUT2D eigenvalue weighted by atomic mass is 16.2. The van der Waals surface area contributed by atoms with Gasteiger partial charge in [-0.15, -0.1) is 0 Å². The monoisotopic (exact) mass is 249 g/mol. The average Bonchev–Trinajstić information content (AvgIpc) is 2.32. The number of aryl methyl sites for hydroxylation is 1.